The molecule has 1 aromatic carbocycles. The van der Waals surface area contributed by atoms with Crippen molar-refractivity contribution in [1.29, 1.82) is 0 Å². The lowest BCUT2D eigenvalue weighted by Crippen LogP contribution is -2.47. The number of nitrogens with one attached hydrogen (secondary N) is 1. The smallest absolute Gasteiger partial charge is 0.149 e. The molecule has 16 heavy (non-hydrogen) atoms. The molecule has 1 atom stereocenters. The summed E-state index contributed by atoms with van der Waals surface area (Å²) in [4.78, 5) is 11.6. The van der Waals surface area contributed by atoms with Crippen molar-refractivity contribution in [3.05, 3.63) is 48.6 Å². The molecule has 0 aliphatic heterocycles. The minimum atomic E-state index is -0.502. The van der Waals surface area contributed by atoms with Gasteiger partial charge in [-0.2, -0.15) is 0 Å². The van der Waals surface area contributed by atoms with Gasteiger partial charge < -0.3 is 5.32 Å². The van der Waals surface area contributed by atoms with Crippen LogP contribution in [0.4, 0.5) is 0 Å². The molecule has 2 nitrogen and oxygen atoms in total. The third-order valence-electron chi connectivity index (χ3n) is 2.86. The Kier molecular flexibility index (Phi) is 4.44. The van der Waals surface area contributed by atoms with Crippen LogP contribution in [0.2, 0.25) is 0 Å². The topological polar surface area (TPSA) is 29.1 Å². The van der Waals surface area contributed by atoms with Crippen molar-refractivity contribution in [2.45, 2.75) is 32.4 Å². The first-order valence-electron chi connectivity index (χ1n) is 5.49. The number of carbonyl (C=O) groups is 1. The first-order chi connectivity index (χ1) is 7.58. The first kappa shape index (κ1) is 12.7. The summed E-state index contributed by atoms with van der Waals surface area (Å²) < 4.78 is 0. The lowest BCUT2D eigenvalue weighted by atomic mass is 9.93. The number of hydrogen-bond donors (Lipinski definition) is 1. The molecule has 0 spiro atoms. The first-order valence-corrected chi connectivity index (χ1v) is 5.49. The van der Waals surface area contributed by atoms with Crippen molar-refractivity contribution in [3.8, 4) is 0 Å². The molecule has 0 saturated heterocycles. The summed E-state index contributed by atoms with van der Waals surface area (Å²) in [5, 5.41) is 3.29. The molecule has 1 N–H and O–H groups in total. The molecule has 1 unspecified atom stereocenters. The van der Waals surface area contributed by atoms with Gasteiger partial charge in [0, 0.05) is 6.54 Å². The normalized spacial score (nSPS) is 14.1. The Morgan fingerprint density at radius 1 is 1.44 bits per heavy atom. The van der Waals surface area contributed by atoms with E-state index in [-0.39, 0.29) is 5.78 Å². The third kappa shape index (κ3) is 3.31. The number of Topliss-reactive ketones (excluding diaryl/α,β-unsaturated/α-hetero) is 1. The van der Waals surface area contributed by atoms with Gasteiger partial charge in [-0.1, -0.05) is 36.4 Å². The highest BCUT2D eigenvalue weighted by molar-refractivity contribution is 5.85. The molecule has 1 rings (SSSR count). The third-order valence-corrected chi connectivity index (χ3v) is 2.86. The molecule has 0 amide bonds. The van der Waals surface area contributed by atoms with Crippen molar-refractivity contribution in [2.24, 2.45) is 0 Å². The standard InChI is InChI=1S/C14H19NO/c1-4-10-14(3,12(2)16)15-11-13-8-6-5-7-9-13/h4-9,15H,1,10-11H2,2-3H3. The summed E-state index contributed by atoms with van der Waals surface area (Å²) in [7, 11) is 0. The Balaban J connectivity index is 2.64. The van der Waals surface area contributed by atoms with Gasteiger partial charge in [0.25, 0.3) is 0 Å². The van der Waals surface area contributed by atoms with Crippen molar-refractivity contribution in [1.82, 2.24) is 5.32 Å². The van der Waals surface area contributed by atoms with Crippen LogP contribution in [0.1, 0.15) is 25.8 Å². The van der Waals surface area contributed by atoms with Crippen LogP contribution in [0.25, 0.3) is 0 Å². The van der Waals surface area contributed by atoms with Gasteiger partial charge in [0.2, 0.25) is 0 Å². The summed E-state index contributed by atoms with van der Waals surface area (Å²) in [6.07, 6.45) is 2.43. The summed E-state index contributed by atoms with van der Waals surface area (Å²) in [5.74, 6) is 0.142. The molecule has 86 valence electrons. The lowest BCUT2D eigenvalue weighted by molar-refractivity contribution is -0.122. The largest absolute Gasteiger partial charge is 0.301 e. The van der Waals surface area contributed by atoms with E-state index in [1.807, 2.05) is 37.3 Å². The van der Waals surface area contributed by atoms with Gasteiger partial charge in [-0.05, 0) is 25.8 Å². The van der Waals surface area contributed by atoms with Crippen LogP contribution < -0.4 is 5.32 Å². The quantitative estimate of drug-likeness (QED) is 0.742. The van der Waals surface area contributed by atoms with Crippen LogP contribution in [0, 0.1) is 0 Å². The summed E-state index contributed by atoms with van der Waals surface area (Å²) in [6, 6.07) is 10.1. The fourth-order valence-electron chi connectivity index (χ4n) is 1.52. The average Bonchev–Trinajstić information content (AvgIpc) is 2.28. The molecular formula is C14H19NO. The van der Waals surface area contributed by atoms with E-state index in [0.717, 1.165) is 0 Å². The second-order valence-corrected chi connectivity index (χ2v) is 4.22. The highest BCUT2D eigenvalue weighted by atomic mass is 16.1. The number of carbonyl (C=O) groups excluding carboxylic acids is 1. The fraction of sp³-hybridized carbons (Fsp3) is 0.357. The van der Waals surface area contributed by atoms with Crippen LogP contribution in [-0.4, -0.2) is 11.3 Å². The highest BCUT2D eigenvalue weighted by Gasteiger charge is 2.27. The molecule has 0 aliphatic carbocycles. The Morgan fingerprint density at radius 2 is 2.06 bits per heavy atom. The maximum atomic E-state index is 11.6. The van der Waals surface area contributed by atoms with Gasteiger partial charge in [-0.25, -0.2) is 0 Å². The van der Waals surface area contributed by atoms with Gasteiger partial charge in [0.05, 0.1) is 5.54 Å². The predicted octanol–water partition coefficient (Wildman–Crippen LogP) is 2.70. The zero-order valence-corrected chi connectivity index (χ0v) is 9.99. The van der Waals surface area contributed by atoms with Crippen LogP contribution in [0.3, 0.4) is 0 Å². The van der Waals surface area contributed by atoms with Crippen molar-refractivity contribution in [2.75, 3.05) is 0 Å². The van der Waals surface area contributed by atoms with Gasteiger partial charge in [0.15, 0.2) is 0 Å². The maximum absolute atomic E-state index is 11.6. The summed E-state index contributed by atoms with van der Waals surface area (Å²) in [6.45, 7) is 7.92. The van der Waals surface area contributed by atoms with E-state index < -0.39 is 5.54 Å². The minimum absolute atomic E-state index is 0.142. The Labute approximate surface area is 97.4 Å². The van der Waals surface area contributed by atoms with E-state index in [1.165, 1.54) is 5.56 Å². The molecular weight excluding hydrogens is 198 g/mol. The fourth-order valence-corrected chi connectivity index (χ4v) is 1.52. The van der Waals surface area contributed by atoms with E-state index in [4.69, 9.17) is 0 Å². The SMILES string of the molecule is C=CCC(C)(NCc1ccccc1)C(C)=O. The van der Waals surface area contributed by atoms with Gasteiger partial charge in [-0.3, -0.25) is 4.79 Å². The number of benzene rings is 1. The van der Waals surface area contributed by atoms with Gasteiger partial charge >= 0.3 is 0 Å². The molecule has 0 aliphatic rings. The van der Waals surface area contributed by atoms with E-state index in [0.29, 0.717) is 13.0 Å². The predicted molar refractivity (Wildman–Crippen MR) is 67.2 cm³/mol. The van der Waals surface area contributed by atoms with Gasteiger partial charge in [0.1, 0.15) is 5.78 Å². The van der Waals surface area contributed by atoms with E-state index in [2.05, 4.69) is 11.9 Å². The van der Waals surface area contributed by atoms with Crippen LogP contribution in [0.15, 0.2) is 43.0 Å². The summed E-state index contributed by atoms with van der Waals surface area (Å²) >= 11 is 0. The second-order valence-electron chi connectivity index (χ2n) is 4.22. The Hall–Kier alpha value is -1.41. The summed E-state index contributed by atoms with van der Waals surface area (Å²) in [5.41, 5.74) is 0.677. The highest BCUT2D eigenvalue weighted by Crippen LogP contribution is 2.13. The number of ketones is 1. The zero-order chi connectivity index (χ0) is 12.0. The minimum Gasteiger partial charge on any atom is -0.301 e. The zero-order valence-electron chi connectivity index (χ0n) is 9.99. The van der Waals surface area contributed by atoms with Crippen molar-refractivity contribution >= 4 is 5.78 Å². The van der Waals surface area contributed by atoms with Gasteiger partial charge in [-0.15, -0.1) is 6.58 Å². The molecule has 0 radical (unpaired) electrons. The van der Waals surface area contributed by atoms with E-state index in [9.17, 15) is 4.79 Å². The molecule has 0 aromatic heterocycles. The molecule has 1 aromatic rings. The molecule has 2 heteroatoms. The molecule has 0 bridgehead atoms. The van der Waals surface area contributed by atoms with Crippen LogP contribution in [-0.2, 0) is 11.3 Å². The monoisotopic (exact) mass is 217 g/mol. The lowest BCUT2D eigenvalue weighted by Gasteiger charge is -2.27. The van der Waals surface area contributed by atoms with E-state index >= 15 is 0 Å². The average molecular weight is 217 g/mol. The number of rotatable bonds is 6. The second kappa shape index (κ2) is 5.61. The Bertz CT molecular complexity index is 358. The number of hydrogen-bond acceptors (Lipinski definition) is 2. The van der Waals surface area contributed by atoms with Crippen LogP contribution in [0.5, 0.6) is 0 Å². The molecule has 0 heterocycles. The Morgan fingerprint density at radius 3 is 2.56 bits per heavy atom. The molecule has 0 fully saturated rings. The van der Waals surface area contributed by atoms with Crippen molar-refractivity contribution in [3.63, 3.8) is 0 Å². The maximum Gasteiger partial charge on any atom is 0.149 e. The van der Waals surface area contributed by atoms with E-state index in [1.54, 1.807) is 13.0 Å². The molecule has 0 saturated carbocycles. The van der Waals surface area contributed by atoms with Crippen LogP contribution >= 0.6 is 0 Å². The van der Waals surface area contributed by atoms with Crippen molar-refractivity contribution < 1.29 is 4.79 Å².